The highest BCUT2D eigenvalue weighted by molar-refractivity contribution is 5.31. The summed E-state index contributed by atoms with van der Waals surface area (Å²) in [5, 5.41) is 3.38. The monoisotopic (exact) mass is 217 g/mol. The average molecular weight is 217 g/mol. The fraction of sp³-hybridized carbons (Fsp3) is 0.467. The molecule has 1 aromatic rings. The highest BCUT2D eigenvalue weighted by atomic mass is 14.9. The minimum absolute atomic E-state index is 0.394. The average Bonchev–Trinajstić information content (AvgIpc) is 2.24. The molecule has 0 bridgehead atoms. The number of aryl methyl sites for hydroxylation is 2. The lowest BCUT2D eigenvalue weighted by molar-refractivity contribution is 0.582. The van der Waals surface area contributed by atoms with E-state index in [1.165, 1.54) is 22.3 Å². The van der Waals surface area contributed by atoms with Crippen LogP contribution in [0, 0.1) is 13.8 Å². The molecule has 0 saturated carbocycles. The first-order valence-electron chi connectivity index (χ1n) is 5.99. The van der Waals surface area contributed by atoms with Crippen LogP contribution in [0.15, 0.2) is 30.4 Å². The fourth-order valence-corrected chi connectivity index (χ4v) is 2.03. The number of hydrogen-bond acceptors (Lipinski definition) is 1. The van der Waals surface area contributed by atoms with Crippen LogP contribution in [0.5, 0.6) is 0 Å². The van der Waals surface area contributed by atoms with E-state index in [9.17, 15) is 0 Å². The zero-order chi connectivity index (χ0) is 12.1. The summed E-state index contributed by atoms with van der Waals surface area (Å²) in [6.45, 7) is 10.6. The van der Waals surface area contributed by atoms with E-state index in [4.69, 9.17) is 0 Å². The third-order valence-corrected chi connectivity index (χ3v) is 2.99. The molecule has 88 valence electrons. The molecule has 0 heterocycles. The van der Waals surface area contributed by atoms with Crippen LogP contribution in [0.4, 0.5) is 0 Å². The quantitative estimate of drug-likeness (QED) is 0.737. The SMILES string of the molecule is C=C(CC)CC(NC)c1cc(C)cc(C)c1. The standard InChI is InChI=1S/C15H23N/c1-6-11(2)10-15(16-5)14-8-12(3)7-13(4)9-14/h7-9,15-16H,2,6,10H2,1,3-5H3. The Labute approximate surface area is 99.6 Å². The van der Waals surface area contributed by atoms with E-state index in [1.54, 1.807) is 0 Å². The topological polar surface area (TPSA) is 12.0 Å². The molecular weight excluding hydrogens is 194 g/mol. The Morgan fingerprint density at radius 1 is 1.25 bits per heavy atom. The van der Waals surface area contributed by atoms with Gasteiger partial charge < -0.3 is 5.32 Å². The van der Waals surface area contributed by atoms with Gasteiger partial charge in [-0.25, -0.2) is 0 Å². The van der Waals surface area contributed by atoms with Crippen LogP contribution < -0.4 is 5.32 Å². The predicted molar refractivity (Wildman–Crippen MR) is 71.8 cm³/mol. The highest BCUT2D eigenvalue weighted by Crippen LogP contribution is 2.23. The number of benzene rings is 1. The molecule has 1 nitrogen and oxygen atoms in total. The normalized spacial score (nSPS) is 12.5. The van der Waals surface area contributed by atoms with Gasteiger partial charge in [-0.1, -0.05) is 48.4 Å². The Bertz CT molecular complexity index is 345. The van der Waals surface area contributed by atoms with Crippen LogP contribution in [0.2, 0.25) is 0 Å². The lowest BCUT2D eigenvalue weighted by Gasteiger charge is -2.18. The Morgan fingerprint density at radius 3 is 2.25 bits per heavy atom. The first kappa shape index (κ1) is 13.0. The van der Waals surface area contributed by atoms with E-state index >= 15 is 0 Å². The van der Waals surface area contributed by atoms with Crippen LogP contribution in [0.3, 0.4) is 0 Å². The first-order chi connectivity index (χ1) is 7.56. The summed E-state index contributed by atoms with van der Waals surface area (Å²) in [7, 11) is 2.02. The summed E-state index contributed by atoms with van der Waals surface area (Å²) in [6.07, 6.45) is 2.08. The molecule has 0 saturated heterocycles. The van der Waals surface area contributed by atoms with Gasteiger partial charge >= 0.3 is 0 Å². The van der Waals surface area contributed by atoms with Crippen LogP contribution in [-0.2, 0) is 0 Å². The summed E-state index contributed by atoms with van der Waals surface area (Å²) in [5.41, 5.74) is 5.34. The van der Waals surface area contributed by atoms with Gasteiger partial charge in [-0.15, -0.1) is 0 Å². The molecule has 1 aromatic carbocycles. The van der Waals surface area contributed by atoms with Crippen molar-refractivity contribution in [1.82, 2.24) is 5.32 Å². The Morgan fingerprint density at radius 2 is 1.81 bits per heavy atom. The predicted octanol–water partition coefficient (Wildman–Crippen LogP) is 3.92. The van der Waals surface area contributed by atoms with E-state index in [1.807, 2.05) is 7.05 Å². The lowest BCUT2D eigenvalue weighted by atomic mass is 9.96. The molecule has 0 amide bonds. The molecule has 0 fully saturated rings. The zero-order valence-electron chi connectivity index (χ0n) is 10.9. The van der Waals surface area contributed by atoms with Gasteiger partial charge in [-0.2, -0.15) is 0 Å². The summed E-state index contributed by atoms with van der Waals surface area (Å²) >= 11 is 0. The Balaban J connectivity index is 2.90. The third-order valence-electron chi connectivity index (χ3n) is 2.99. The highest BCUT2D eigenvalue weighted by Gasteiger charge is 2.10. The van der Waals surface area contributed by atoms with E-state index < -0.39 is 0 Å². The van der Waals surface area contributed by atoms with Crippen molar-refractivity contribution in [3.05, 3.63) is 47.0 Å². The first-order valence-corrected chi connectivity index (χ1v) is 5.99. The third kappa shape index (κ3) is 3.49. The molecule has 0 spiro atoms. The summed E-state index contributed by atoms with van der Waals surface area (Å²) in [4.78, 5) is 0. The van der Waals surface area contributed by atoms with E-state index in [2.05, 4.69) is 50.9 Å². The summed E-state index contributed by atoms with van der Waals surface area (Å²) in [6, 6.07) is 7.13. The largest absolute Gasteiger partial charge is 0.313 e. The molecule has 1 heteroatoms. The van der Waals surface area contributed by atoms with E-state index in [0.29, 0.717) is 6.04 Å². The maximum atomic E-state index is 4.09. The van der Waals surface area contributed by atoms with Crippen molar-refractivity contribution in [1.29, 1.82) is 0 Å². The molecular formula is C15H23N. The van der Waals surface area contributed by atoms with Crippen LogP contribution in [-0.4, -0.2) is 7.05 Å². The number of rotatable bonds is 5. The van der Waals surface area contributed by atoms with Gasteiger partial charge in [0.15, 0.2) is 0 Å². The van der Waals surface area contributed by atoms with E-state index in [-0.39, 0.29) is 0 Å². The smallest absolute Gasteiger partial charge is 0.0355 e. The number of nitrogens with one attached hydrogen (secondary N) is 1. The second-order valence-corrected chi connectivity index (χ2v) is 4.57. The zero-order valence-corrected chi connectivity index (χ0v) is 10.9. The van der Waals surface area contributed by atoms with Crippen molar-refractivity contribution >= 4 is 0 Å². The molecule has 1 atom stereocenters. The molecule has 1 rings (SSSR count). The van der Waals surface area contributed by atoms with Crippen molar-refractivity contribution in [2.75, 3.05) is 7.05 Å². The lowest BCUT2D eigenvalue weighted by Crippen LogP contribution is -2.17. The van der Waals surface area contributed by atoms with Crippen molar-refractivity contribution in [3.63, 3.8) is 0 Å². The Kier molecular flexibility index (Phi) is 4.75. The van der Waals surface area contributed by atoms with Crippen LogP contribution in [0.1, 0.15) is 42.5 Å². The minimum atomic E-state index is 0.394. The molecule has 0 aliphatic heterocycles. The fourth-order valence-electron chi connectivity index (χ4n) is 2.03. The van der Waals surface area contributed by atoms with Crippen molar-refractivity contribution in [3.8, 4) is 0 Å². The molecule has 0 radical (unpaired) electrons. The van der Waals surface area contributed by atoms with Gasteiger partial charge in [-0.3, -0.25) is 0 Å². The van der Waals surface area contributed by atoms with Gasteiger partial charge in [0.2, 0.25) is 0 Å². The van der Waals surface area contributed by atoms with Gasteiger partial charge in [0, 0.05) is 6.04 Å². The second kappa shape index (κ2) is 5.86. The van der Waals surface area contributed by atoms with Crippen LogP contribution >= 0.6 is 0 Å². The van der Waals surface area contributed by atoms with Gasteiger partial charge in [0.05, 0.1) is 0 Å². The summed E-state index contributed by atoms with van der Waals surface area (Å²) in [5.74, 6) is 0. The van der Waals surface area contributed by atoms with Crippen LogP contribution in [0.25, 0.3) is 0 Å². The molecule has 1 unspecified atom stereocenters. The molecule has 16 heavy (non-hydrogen) atoms. The van der Waals surface area contributed by atoms with Crippen molar-refractivity contribution < 1.29 is 0 Å². The summed E-state index contributed by atoms with van der Waals surface area (Å²) < 4.78 is 0. The minimum Gasteiger partial charge on any atom is -0.313 e. The van der Waals surface area contributed by atoms with E-state index in [0.717, 1.165) is 12.8 Å². The van der Waals surface area contributed by atoms with Gasteiger partial charge in [0.1, 0.15) is 0 Å². The van der Waals surface area contributed by atoms with Crippen molar-refractivity contribution in [2.45, 2.75) is 39.7 Å². The molecule has 0 aliphatic carbocycles. The maximum Gasteiger partial charge on any atom is 0.0355 e. The molecule has 0 aliphatic rings. The Hall–Kier alpha value is -1.08. The maximum absolute atomic E-state index is 4.09. The second-order valence-electron chi connectivity index (χ2n) is 4.57. The number of hydrogen-bond donors (Lipinski definition) is 1. The van der Waals surface area contributed by atoms with Gasteiger partial charge in [0.25, 0.3) is 0 Å². The molecule has 0 aromatic heterocycles. The molecule has 1 N–H and O–H groups in total. The van der Waals surface area contributed by atoms with Gasteiger partial charge in [-0.05, 0) is 39.3 Å². The van der Waals surface area contributed by atoms with Crippen molar-refractivity contribution in [2.24, 2.45) is 0 Å².